The van der Waals surface area contributed by atoms with Crippen molar-refractivity contribution in [2.24, 2.45) is 0 Å². The van der Waals surface area contributed by atoms with E-state index in [0.717, 1.165) is 22.5 Å². The first-order valence-electron chi connectivity index (χ1n) is 10.0. The third-order valence-corrected chi connectivity index (χ3v) is 8.47. The lowest BCUT2D eigenvalue weighted by atomic mass is 10.2. The zero-order valence-corrected chi connectivity index (χ0v) is 21.1. The van der Waals surface area contributed by atoms with Gasteiger partial charge in [0, 0.05) is 6.54 Å². The van der Waals surface area contributed by atoms with Gasteiger partial charge in [-0.25, -0.2) is 31.3 Å². The van der Waals surface area contributed by atoms with Crippen LogP contribution in [-0.4, -0.2) is 41.1 Å². The SMILES string of the molecule is Cc1ccc(S(=O)(=O)NCCOC(=O)Nc2sc(NS(=O)(=O)c3ccc(C)cc3)nc2C)cc1. The van der Waals surface area contributed by atoms with E-state index in [-0.39, 0.29) is 28.1 Å². The second kappa shape index (κ2) is 10.5. The van der Waals surface area contributed by atoms with Crippen LogP contribution >= 0.6 is 11.3 Å². The third kappa shape index (κ3) is 6.76. The van der Waals surface area contributed by atoms with Gasteiger partial charge in [-0.15, -0.1) is 0 Å². The van der Waals surface area contributed by atoms with Crippen molar-refractivity contribution in [2.75, 3.05) is 23.2 Å². The fraction of sp³-hybridized carbons (Fsp3) is 0.238. The zero-order valence-electron chi connectivity index (χ0n) is 18.7. The highest BCUT2D eigenvalue weighted by Crippen LogP contribution is 2.29. The maximum atomic E-state index is 12.5. The molecule has 0 aliphatic carbocycles. The average Bonchev–Trinajstić information content (AvgIpc) is 3.09. The molecule has 0 radical (unpaired) electrons. The highest BCUT2D eigenvalue weighted by atomic mass is 32.2. The summed E-state index contributed by atoms with van der Waals surface area (Å²) < 4.78 is 59.2. The Balaban J connectivity index is 1.51. The van der Waals surface area contributed by atoms with Crippen LogP contribution in [0.5, 0.6) is 0 Å². The molecule has 0 unspecified atom stereocenters. The van der Waals surface area contributed by atoms with Crippen LogP contribution in [0.3, 0.4) is 0 Å². The standard InChI is InChI=1S/C21H24N4O6S3/c1-14-4-8-17(9-5-14)33(27,28)22-12-13-31-21(26)24-19-16(3)23-20(32-19)25-34(29,30)18-10-6-15(2)7-11-18/h4-11,22H,12-13H2,1-3H3,(H,23,25)(H,24,26). The predicted molar refractivity (Wildman–Crippen MR) is 130 cm³/mol. The van der Waals surface area contributed by atoms with E-state index in [1.54, 1.807) is 31.2 Å². The van der Waals surface area contributed by atoms with Gasteiger partial charge in [0.2, 0.25) is 10.0 Å². The molecule has 0 bridgehead atoms. The summed E-state index contributed by atoms with van der Waals surface area (Å²) in [5.74, 6) is 0. The summed E-state index contributed by atoms with van der Waals surface area (Å²) in [6.07, 6.45) is -0.825. The molecule has 182 valence electrons. The van der Waals surface area contributed by atoms with Crippen LogP contribution in [-0.2, 0) is 24.8 Å². The molecule has 10 nitrogen and oxygen atoms in total. The minimum atomic E-state index is -3.83. The fourth-order valence-corrected chi connectivity index (χ4v) is 5.80. The topological polar surface area (TPSA) is 144 Å². The lowest BCUT2D eigenvalue weighted by Crippen LogP contribution is -2.29. The summed E-state index contributed by atoms with van der Waals surface area (Å²) in [5.41, 5.74) is 2.25. The molecule has 3 aromatic rings. The number of carbonyl (C=O) groups is 1. The Morgan fingerprint density at radius 2 is 1.41 bits per heavy atom. The van der Waals surface area contributed by atoms with E-state index in [9.17, 15) is 21.6 Å². The number of hydrogen-bond acceptors (Lipinski definition) is 8. The van der Waals surface area contributed by atoms with Crippen molar-refractivity contribution >= 4 is 47.6 Å². The molecule has 0 aliphatic heterocycles. The highest BCUT2D eigenvalue weighted by molar-refractivity contribution is 7.93. The molecule has 0 fully saturated rings. The van der Waals surface area contributed by atoms with Gasteiger partial charge in [0.1, 0.15) is 11.6 Å². The van der Waals surface area contributed by atoms with E-state index >= 15 is 0 Å². The van der Waals surface area contributed by atoms with Crippen LogP contribution in [0.25, 0.3) is 0 Å². The van der Waals surface area contributed by atoms with E-state index in [1.807, 2.05) is 13.8 Å². The minimum absolute atomic E-state index is 0.0826. The van der Waals surface area contributed by atoms with Gasteiger partial charge in [-0.05, 0) is 45.0 Å². The summed E-state index contributed by atoms with van der Waals surface area (Å²) in [4.78, 5) is 16.4. The molecule has 1 aromatic heterocycles. The molecular weight excluding hydrogens is 500 g/mol. The quantitative estimate of drug-likeness (QED) is 0.364. The summed E-state index contributed by atoms with van der Waals surface area (Å²) in [6, 6.07) is 12.7. The van der Waals surface area contributed by atoms with Crippen LogP contribution in [0.1, 0.15) is 16.8 Å². The molecule has 3 rings (SSSR count). The van der Waals surface area contributed by atoms with E-state index in [0.29, 0.717) is 10.7 Å². The molecule has 2 aromatic carbocycles. The van der Waals surface area contributed by atoms with Crippen LogP contribution in [0.15, 0.2) is 58.3 Å². The molecule has 13 heteroatoms. The molecule has 0 saturated carbocycles. The van der Waals surface area contributed by atoms with E-state index in [2.05, 4.69) is 19.7 Å². The van der Waals surface area contributed by atoms with Crippen molar-refractivity contribution in [1.82, 2.24) is 9.71 Å². The second-order valence-corrected chi connectivity index (χ2v) is 11.8. The van der Waals surface area contributed by atoms with Gasteiger partial charge in [0.05, 0.1) is 15.5 Å². The van der Waals surface area contributed by atoms with Gasteiger partial charge in [-0.1, -0.05) is 46.7 Å². The van der Waals surface area contributed by atoms with Gasteiger partial charge in [0.25, 0.3) is 10.0 Å². The third-order valence-electron chi connectivity index (χ3n) is 4.52. The van der Waals surface area contributed by atoms with E-state index in [4.69, 9.17) is 4.74 Å². The van der Waals surface area contributed by atoms with Crippen molar-refractivity contribution < 1.29 is 26.4 Å². The lowest BCUT2D eigenvalue weighted by molar-refractivity contribution is 0.164. The monoisotopic (exact) mass is 524 g/mol. The molecule has 0 aliphatic rings. The molecule has 1 amide bonds. The molecule has 1 heterocycles. The van der Waals surface area contributed by atoms with Gasteiger partial charge in [-0.2, -0.15) is 0 Å². The smallest absolute Gasteiger partial charge is 0.412 e. The van der Waals surface area contributed by atoms with Crippen LogP contribution in [0.4, 0.5) is 14.9 Å². The Kier molecular flexibility index (Phi) is 7.92. The lowest BCUT2D eigenvalue weighted by Gasteiger charge is -2.08. The Hall–Kier alpha value is -3.00. The number of thiazole rings is 1. The van der Waals surface area contributed by atoms with Crippen molar-refractivity contribution in [1.29, 1.82) is 0 Å². The molecule has 0 spiro atoms. The van der Waals surface area contributed by atoms with Crippen molar-refractivity contribution in [3.05, 3.63) is 65.4 Å². The molecular formula is C21H24N4O6S3. The number of benzene rings is 2. The normalized spacial score (nSPS) is 11.7. The number of nitrogens with zero attached hydrogens (tertiary/aromatic N) is 1. The number of nitrogens with one attached hydrogen (secondary N) is 3. The van der Waals surface area contributed by atoms with Crippen molar-refractivity contribution in [3.63, 3.8) is 0 Å². The van der Waals surface area contributed by atoms with Crippen LogP contribution in [0, 0.1) is 20.8 Å². The summed E-state index contributed by atoms with van der Waals surface area (Å²) in [7, 11) is -7.54. The predicted octanol–water partition coefficient (Wildman–Crippen LogP) is 3.40. The second-order valence-electron chi connectivity index (χ2n) is 7.32. The number of hydrogen-bond donors (Lipinski definition) is 3. The number of sulfonamides is 2. The number of ether oxygens (including phenoxy) is 1. The first-order chi connectivity index (χ1) is 16.0. The Labute approximate surface area is 202 Å². The summed E-state index contributed by atoms with van der Waals surface area (Å²) in [6.45, 7) is 4.98. The highest BCUT2D eigenvalue weighted by Gasteiger charge is 2.19. The van der Waals surface area contributed by atoms with Gasteiger partial charge in [0.15, 0.2) is 5.13 Å². The number of carbonyl (C=O) groups excluding carboxylic acids is 1. The van der Waals surface area contributed by atoms with Gasteiger partial charge < -0.3 is 4.74 Å². The molecule has 34 heavy (non-hydrogen) atoms. The summed E-state index contributed by atoms with van der Waals surface area (Å²) in [5, 5.41) is 2.86. The van der Waals surface area contributed by atoms with E-state index in [1.165, 1.54) is 24.3 Å². The number of rotatable bonds is 9. The number of aromatic nitrogens is 1. The summed E-state index contributed by atoms with van der Waals surface area (Å²) >= 11 is 0.930. The van der Waals surface area contributed by atoms with Crippen LogP contribution < -0.4 is 14.8 Å². The van der Waals surface area contributed by atoms with Crippen LogP contribution in [0.2, 0.25) is 0 Å². The maximum Gasteiger partial charge on any atom is 0.412 e. The number of amides is 1. The molecule has 0 saturated heterocycles. The Bertz CT molecular complexity index is 1370. The Morgan fingerprint density at radius 1 is 0.882 bits per heavy atom. The minimum Gasteiger partial charge on any atom is -0.448 e. The van der Waals surface area contributed by atoms with Crippen molar-refractivity contribution in [3.8, 4) is 0 Å². The number of aryl methyl sites for hydroxylation is 3. The Morgan fingerprint density at radius 3 is 1.97 bits per heavy atom. The fourth-order valence-electron chi connectivity index (χ4n) is 2.70. The van der Waals surface area contributed by atoms with Gasteiger partial charge >= 0.3 is 6.09 Å². The first kappa shape index (κ1) is 25.6. The first-order valence-corrected chi connectivity index (χ1v) is 13.8. The van der Waals surface area contributed by atoms with E-state index < -0.39 is 26.1 Å². The maximum absolute atomic E-state index is 12.5. The largest absolute Gasteiger partial charge is 0.448 e. The average molecular weight is 525 g/mol. The van der Waals surface area contributed by atoms with Crippen molar-refractivity contribution in [2.45, 2.75) is 30.6 Å². The number of anilines is 2. The molecule has 3 N–H and O–H groups in total. The zero-order chi connectivity index (χ0) is 24.9. The van der Waals surface area contributed by atoms with Gasteiger partial charge in [-0.3, -0.25) is 10.0 Å². The molecule has 0 atom stereocenters.